The van der Waals surface area contributed by atoms with Crippen molar-refractivity contribution in [1.29, 1.82) is 5.26 Å². The maximum absolute atomic E-state index is 11.4. The van der Waals surface area contributed by atoms with Crippen molar-refractivity contribution in [2.24, 2.45) is 12.8 Å². The fourth-order valence-electron chi connectivity index (χ4n) is 3.75. The molecule has 0 aliphatic carbocycles. The molecule has 154 valence electrons. The summed E-state index contributed by atoms with van der Waals surface area (Å²) in [4.78, 5) is 16.0. The van der Waals surface area contributed by atoms with Gasteiger partial charge in [0.05, 0.1) is 29.0 Å². The van der Waals surface area contributed by atoms with Gasteiger partial charge in [0.2, 0.25) is 5.91 Å². The predicted molar refractivity (Wildman–Crippen MR) is 121 cm³/mol. The molecule has 0 unspecified atom stereocenters. The van der Waals surface area contributed by atoms with E-state index in [2.05, 4.69) is 27.8 Å². The van der Waals surface area contributed by atoms with E-state index in [0.29, 0.717) is 22.2 Å². The second-order valence-electron chi connectivity index (χ2n) is 7.48. The Labute approximate surface area is 182 Å². The molecule has 0 atom stereocenters. The van der Waals surface area contributed by atoms with Crippen molar-refractivity contribution in [1.82, 2.24) is 24.4 Å². The molecule has 0 saturated heterocycles. The van der Waals surface area contributed by atoms with Gasteiger partial charge < -0.3 is 5.73 Å². The Balaban J connectivity index is 1.71. The first-order valence-corrected chi connectivity index (χ1v) is 9.74. The van der Waals surface area contributed by atoms with Gasteiger partial charge in [0, 0.05) is 58.9 Å². The van der Waals surface area contributed by atoms with Crippen LogP contribution in [-0.4, -0.2) is 30.3 Å². The van der Waals surface area contributed by atoms with Crippen molar-refractivity contribution in [2.75, 3.05) is 0 Å². The number of amides is 1. The van der Waals surface area contributed by atoms with Crippen LogP contribution in [0.3, 0.4) is 0 Å². The summed E-state index contributed by atoms with van der Waals surface area (Å²) in [6.45, 7) is 3.73. The third-order valence-corrected chi connectivity index (χ3v) is 5.41. The minimum absolute atomic E-state index is 0.238. The van der Waals surface area contributed by atoms with Gasteiger partial charge in [-0.3, -0.25) is 14.5 Å². The number of pyridine rings is 2. The van der Waals surface area contributed by atoms with Crippen molar-refractivity contribution in [3.05, 3.63) is 79.0 Å². The average Bonchev–Trinajstić information content (AvgIpc) is 3.43. The van der Waals surface area contributed by atoms with E-state index in [9.17, 15) is 10.1 Å². The molecule has 5 aromatic rings. The first-order chi connectivity index (χ1) is 15.4. The summed E-state index contributed by atoms with van der Waals surface area (Å²) >= 11 is 0. The molecule has 0 radical (unpaired) electrons. The smallest absolute Gasteiger partial charge is 0.248 e. The van der Waals surface area contributed by atoms with Crippen LogP contribution in [-0.2, 0) is 11.8 Å². The standard InChI is InChI=1S/C24H17N7O/c1-14(24(26)32)15-3-4-16-5-17(9-27-22(16)7-15)21-6-18(20-11-28-30(2)12-20)13-31-23(21)19(8-25)10-29-31/h3-7,9-13H,1H2,2H3,(H2,26,32). The van der Waals surface area contributed by atoms with Gasteiger partial charge in [-0.05, 0) is 23.8 Å². The summed E-state index contributed by atoms with van der Waals surface area (Å²) in [6.07, 6.45) is 8.89. The quantitative estimate of drug-likeness (QED) is 0.449. The summed E-state index contributed by atoms with van der Waals surface area (Å²) in [5, 5.41) is 19.1. The van der Waals surface area contributed by atoms with Gasteiger partial charge in [-0.15, -0.1) is 0 Å². The van der Waals surface area contributed by atoms with E-state index in [-0.39, 0.29) is 5.57 Å². The van der Waals surface area contributed by atoms with Gasteiger partial charge >= 0.3 is 0 Å². The van der Waals surface area contributed by atoms with Gasteiger partial charge in [-0.25, -0.2) is 4.52 Å². The molecule has 8 heteroatoms. The van der Waals surface area contributed by atoms with E-state index in [1.165, 1.54) is 0 Å². The highest BCUT2D eigenvalue weighted by atomic mass is 16.1. The van der Waals surface area contributed by atoms with E-state index >= 15 is 0 Å². The topological polar surface area (TPSA) is 115 Å². The Kier molecular flexibility index (Phi) is 4.31. The minimum atomic E-state index is -0.569. The number of aromatic nitrogens is 5. The Morgan fingerprint density at radius 2 is 1.91 bits per heavy atom. The Hall–Kier alpha value is -4.77. The highest BCUT2D eigenvalue weighted by Gasteiger charge is 2.15. The van der Waals surface area contributed by atoms with E-state index in [1.54, 1.807) is 39.9 Å². The number of aryl methyl sites for hydroxylation is 1. The average molecular weight is 419 g/mol. The van der Waals surface area contributed by atoms with Crippen molar-refractivity contribution in [3.63, 3.8) is 0 Å². The van der Waals surface area contributed by atoms with E-state index in [1.807, 2.05) is 37.6 Å². The lowest BCUT2D eigenvalue weighted by atomic mass is 9.99. The largest absolute Gasteiger partial charge is 0.366 e. The summed E-state index contributed by atoms with van der Waals surface area (Å²) < 4.78 is 3.44. The van der Waals surface area contributed by atoms with Gasteiger partial charge in [0.25, 0.3) is 0 Å². The first-order valence-electron chi connectivity index (χ1n) is 9.74. The highest BCUT2D eigenvalue weighted by Crippen LogP contribution is 2.33. The lowest BCUT2D eigenvalue weighted by molar-refractivity contribution is -0.112. The molecule has 0 saturated carbocycles. The van der Waals surface area contributed by atoms with Gasteiger partial charge in [-0.1, -0.05) is 18.7 Å². The van der Waals surface area contributed by atoms with Crippen LogP contribution in [0.2, 0.25) is 0 Å². The number of primary amides is 1. The van der Waals surface area contributed by atoms with Crippen LogP contribution in [0.1, 0.15) is 11.1 Å². The van der Waals surface area contributed by atoms with Crippen LogP contribution >= 0.6 is 0 Å². The minimum Gasteiger partial charge on any atom is -0.366 e. The number of benzene rings is 1. The zero-order chi connectivity index (χ0) is 22.4. The highest BCUT2D eigenvalue weighted by molar-refractivity contribution is 6.18. The maximum atomic E-state index is 11.4. The molecule has 0 spiro atoms. The van der Waals surface area contributed by atoms with E-state index in [4.69, 9.17) is 5.73 Å². The van der Waals surface area contributed by atoms with Crippen molar-refractivity contribution >= 4 is 27.9 Å². The number of carbonyl (C=O) groups is 1. The number of rotatable bonds is 4. The van der Waals surface area contributed by atoms with Gasteiger partial charge in [0.1, 0.15) is 6.07 Å². The third kappa shape index (κ3) is 3.09. The lowest BCUT2D eigenvalue weighted by Gasteiger charge is -2.10. The maximum Gasteiger partial charge on any atom is 0.248 e. The number of nitrogens with two attached hydrogens (primary N) is 1. The van der Waals surface area contributed by atoms with Crippen molar-refractivity contribution in [2.45, 2.75) is 0 Å². The van der Waals surface area contributed by atoms with E-state index < -0.39 is 5.91 Å². The lowest BCUT2D eigenvalue weighted by Crippen LogP contribution is -2.11. The zero-order valence-electron chi connectivity index (χ0n) is 17.1. The second-order valence-corrected chi connectivity index (χ2v) is 7.48. The molecule has 0 aliphatic heterocycles. The molecule has 0 aliphatic rings. The number of nitriles is 1. The Bertz CT molecular complexity index is 1600. The fraction of sp³-hybridized carbons (Fsp3) is 0.0417. The Morgan fingerprint density at radius 3 is 2.62 bits per heavy atom. The summed E-state index contributed by atoms with van der Waals surface area (Å²) in [6, 6.07) is 11.7. The number of nitrogens with zero attached hydrogens (tertiary/aromatic N) is 6. The van der Waals surface area contributed by atoms with Crippen LogP contribution in [0.4, 0.5) is 0 Å². The summed E-state index contributed by atoms with van der Waals surface area (Å²) in [7, 11) is 1.86. The fourth-order valence-corrected chi connectivity index (χ4v) is 3.75. The molecule has 1 aromatic carbocycles. The normalized spacial score (nSPS) is 11.0. The molecule has 4 heterocycles. The predicted octanol–water partition coefficient (Wildman–Crippen LogP) is 3.32. The van der Waals surface area contributed by atoms with E-state index in [0.717, 1.165) is 27.6 Å². The third-order valence-electron chi connectivity index (χ3n) is 5.41. The summed E-state index contributed by atoms with van der Waals surface area (Å²) in [5.41, 5.74) is 11.6. The van der Waals surface area contributed by atoms with Crippen LogP contribution < -0.4 is 5.73 Å². The molecule has 4 aromatic heterocycles. The molecule has 0 fully saturated rings. The molecule has 0 bridgehead atoms. The number of fused-ring (bicyclic) bond motifs is 2. The molecule has 2 N–H and O–H groups in total. The van der Waals surface area contributed by atoms with Crippen LogP contribution in [0, 0.1) is 11.3 Å². The molecular formula is C24H17N7O. The van der Waals surface area contributed by atoms with Crippen LogP contribution in [0.5, 0.6) is 0 Å². The van der Waals surface area contributed by atoms with Crippen molar-refractivity contribution < 1.29 is 4.79 Å². The molecular weight excluding hydrogens is 402 g/mol. The molecule has 32 heavy (non-hydrogen) atoms. The monoisotopic (exact) mass is 419 g/mol. The summed E-state index contributed by atoms with van der Waals surface area (Å²) in [5.74, 6) is -0.569. The Morgan fingerprint density at radius 1 is 1.06 bits per heavy atom. The SMILES string of the molecule is C=C(C(N)=O)c1ccc2cc(-c3cc(-c4cnn(C)c4)cn4ncc(C#N)c34)cnc2c1. The van der Waals surface area contributed by atoms with Gasteiger partial charge in [0.15, 0.2) is 0 Å². The number of hydrogen-bond donors (Lipinski definition) is 1. The second kappa shape index (κ2) is 7.18. The molecule has 8 nitrogen and oxygen atoms in total. The first kappa shape index (κ1) is 19.2. The number of hydrogen-bond acceptors (Lipinski definition) is 5. The number of carbonyl (C=O) groups excluding carboxylic acids is 1. The zero-order valence-corrected chi connectivity index (χ0v) is 17.1. The van der Waals surface area contributed by atoms with Crippen molar-refractivity contribution in [3.8, 4) is 28.3 Å². The molecule has 1 amide bonds. The molecule has 5 rings (SSSR count). The van der Waals surface area contributed by atoms with Gasteiger partial charge in [-0.2, -0.15) is 15.5 Å². The van der Waals surface area contributed by atoms with Crippen LogP contribution in [0.25, 0.3) is 44.2 Å². The van der Waals surface area contributed by atoms with Crippen LogP contribution in [0.15, 0.2) is 67.9 Å².